The van der Waals surface area contributed by atoms with Gasteiger partial charge in [0.05, 0.1) is 17.1 Å². The number of hydrogen-bond donors (Lipinski definition) is 0. The molecule has 0 aliphatic rings. The Morgan fingerprint density at radius 2 is 1.44 bits per heavy atom. The van der Waals surface area contributed by atoms with Crippen LogP contribution >= 0.6 is 11.6 Å². The zero-order valence-electron chi connectivity index (χ0n) is 15.2. The maximum absolute atomic E-state index is 13.3. The largest absolute Gasteiger partial charge is 0.337 e. The summed E-state index contributed by atoms with van der Waals surface area (Å²) in [5.41, 5.74) is 5.64. The zero-order valence-corrected chi connectivity index (χ0v) is 15.9. The Labute approximate surface area is 163 Å². The van der Waals surface area contributed by atoms with Crippen molar-refractivity contribution in [2.75, 3.05) is 0 Å². The van der Waals surface area contributed by atoms with Gasteiger partial charge in [-0.2, -0.15) is 0 Å². The summed E-state index contributed by atoms with van der Waals surface area (Å²) >= 11 is 6.04. The van der Waals surface area contributed by atoms with E-state index in [1.807, 2.05) is 74.6 Å². The molecule has 0 bridgehead atoms. The second kappa shape index (κ2) is 6.93. The van der Waals surface area contributed by atoms with Gasteiger partial charge in [0.25, 0.3) is 0 Å². The Morgan fingerprint density at radius 1 is 0.778 bits per heavy atom. The van der Waals surface area contributed by atoms with Crippen LogP contribution in [0.4, 0.5) is 0 Å². The number of aromatic nitrogens is 2. The average molecular weight is 375 g/mol. The maximum Gasteiger partial charge on any atom is 0.337 e. The molecule has 1 heterocycles. The second-order valence-corrected chi connectivity index (χ2v) is 7.12. The fourth-order valence-electron chi connectivity index (χ4n) is 3.18. The van der Waals surface area contributed by atoms with Gasteiger partial charge in [-0.1, -0.05) is 53.1 Å². The Hall–Kier alpha value is -3.04. The predicted octanol–water partition coefficient (Wildman–Crippen LogP) is 5.57. The van der Waals surface area contributed by atoms with E-state index in [0.29, 0.717) is 5.02 Å². The number of nitrogens with zero attached hydrogens (tertiary/aromatic N) is 2. The minimum atomic E-state index is -0.113. The molecule has 1 aromatic heterocycles. The molecule has 0 radical (unpaired) electrons. The number of rotatable bonds is 3. The lowest BCUT2D eigenvalue weighted by molar-refractivity contribution is 0.911. The molecule has 0 saturated heterocycles. The van der Waals surface area contributed by atoms with E-state index in [9.17, 15) is 4.79 Å². The van der Waals surface area contributed by atoms with Gasteiger partial charge < -0.3 is 0 Å². The molecule has 4 heteroatoms. The third-order valence-corrected chi connectivity index (χ3v) is 4.85. The van der Waals surface area contributed by atoms with E-state index in [4.69, 9.17) is 11.6 Å². The molecule has 0 atom stereocenters. The second-order valence-electron chi connectivity index (χ2n) is 6.68. The molecule has 0 N–H and O–H groups in total. The van der Waals surface area contributed by atoms with Crippen LogP contribution in [0.15, 0.2) is 83.8 Å². The molecule has 134 valence electrons. The summed E-state index contributed by atoms with van der Waals surface area (Å²) in [6.45, 7) is 4.08. The number of halogens is 1. The van der Waals surface area contributed by atoms with Gasteiger partial charge in [-0.3, -0.25) is 9.13 Å². The minimum Gasteiger partial charge on any atom is -0.267 e. The first kappa shape index (κ1) is 17.4. The summed E-state index contributed by atoms with van der Waals surface area (Å²) in [6, 6.07) is 23.4. The Balaban J connectivity index is 1.98. The molecule has 0 amide bonds. The molecule has 0 saturated carbocycles. The first-order valence-corrected chi connectivity index (χ1v) is 9.15. The molecule has 27 heavy (non-hydrogen) atoms. The summed E-state index contributed by atoms with van der Waals surface area (Å²) in [4.78, 5) is 13.3. The molecule has 4 aromatic rings. The van der Waals surface area contributed by atoms with Gasteiger partial charge in [-0.05, 0) is 56.3 Å². The van der Waals surface area contributed by atoms with Crippen LogP contribution in [-0.4, -0.2) is 9.13 Å². The van der Waals surface area contributed by atoms with Crippen LogP contribution in [0, 0.1) is 13.8 Å². The fourth-order valence-corrected chi connectivity index (χ4v) is 3.31. The smallest absolute Gasteiger partial charge is 0.267 e. The molecule has 3 aromatic carbocycles. The number of imidazole rings is 1. The highest BCUT2D eigenvalue weighted by Crippen LogP contribution is 2.25. The van der Waals surface area contributed by atoms with Crippen LogP contribution in [0.25, 0.3) is 22.6 Å². The van der Waals surface area contributed by atoms with Gasteiger partial charge in [-0.15, -0.1) is 0 Å². The van der Waals surface area contributed by atoms with E-state index in [-0.39, 0.29) is 5.69 Å². The first-order chi connectivity index (χ1) is 13.0. The van der Waals surface area contributed by atoms with E-state index < -0.39 is 0 Å². The van der Waals surface area contributed by atoms with Crippen LogP contribution < -0.4 is 5.69 Å². The van der Waals surface area contributed by atoms with E-state index in [0.717, 1.165) is 33.8 Å². The summed E-state index contributed by atoms with van der Waals surface area (Å²) in [5, 5.41) is 0.641. The topological polar surface area (TPSA) is 26.9 Å². The normalized spacial score (nSPS) is 10.9. The number of hydrogen-bond acceptors (Lipinski definition) is 1. The van der Waals surface area contributed by atoms with Crippen molar-refractivity contribution in [3.8, 4) is 22.6 Å². The van der Waals surface area contributed by atoms with Crippen molar-refractivity contribution in [1.82, 2.24) is 9.13 Å². The fraction of sp³-hybridized carbons (Fsp3) is 0.0870. The summed E-state index contributed by atoms with van der Waals surface area (Å²) in [7, 11) is 0. The van der Waals surface area contributed by atoms with Crippen molar-refractivity contribution in [3.63, 3.8) is 0 Å². The van der Waals surface area contributed by atoms with Crippen LogP contribution in [0.2, 0.25) is 5.02 Å². The van der Waals surface area contributed by atoms with Crippen molar-refractivity contribution in [3.05, 3.63) is 106 Å². The lowest BCUT2D eigenvalue weighted by Crippen LogP contribution is -2.22. The molecular weight excluding hydrogens is 356 g/mol. The summed E-state index contributed by atoms with van der Waals surface area (Å²) in [5.74, 6) is 0. The molecule has 0 spiro atoms. The van der Waals surface area contributed by atoms with Crippen LogP contribution in [0.3, 0.4) is 0 Å². The first-order valence-electron chi connectivity index (χ1n) is 8.77. The molecule has 0 aliphatic carbocycles. The third kappa shape index (κ3) is 3.34. The lowest BCUT2D eigenvalue weighted by atomic mass is 10.1. The van der Waals surface area contributed by atoms with Crippen molar-refractivity contribution in [2.24, 2.45) is 0 Å². The lowest BCUT2D eigenvalue weighted by Gasteiger charge is -2.08. The van der Waals surface area contributed by atoms with E-state index in [2.05, 4.69) is 6.07 Å². The van der Waals surface area contributed by atoms with E-state index >= 15 is 0 Å². The Kier molecular flexibility index (Phi) is 4.46. The standard InChI is InChI=1S/C23H19ClN2O/c1-16-6-10-20(11-7-16)25-15-22(18-5-3-4-17(2)14-18)26(23(25)27)21-12-8-19(24)9-13-21/h3-15H,1-2H3. The summed E-state index contributed by atoms with van der Waals surface area (Å²) < 4.78 is 3.41. The van der Waals surface area contributed by atoms with Gasteiger partial charge in [0.2, 0.25) is 0 Å². The zero-order chi connectivity index (χ0) is 19.0. The van der Waals surface area contributed by atoms with Gasteiger partial charge in [0.15, 0.2) is 0 Å². The number of aryl methyl sites for hydroxylation is 2. The van der Waals surface area contributed by atoms with Gasteiger partial charge >= 0.3 is 5.69 Å². The number of benzene rings is 3. The molecule has 0 fully saturated rings. The quantitative estimate of drug-likeness (QED) is 0.460. The van der Waals surface area contributed by atoms with Crippen LogP contribution in [-0.2, 0) is 0 Å². The highest BCUT2D eigenvalue weighted by atomic mass is 35.5. The third-order valence-electron chi connectivity index (χ3n) is 4.60. The van der Waals surface area contributed by atoms with Crippen molar-refractivity contribution in [2.45, 2.75) is 13.8 Å². The molecular formula is C23H19ClN2O. The average Bonchev–Trinajstić information content (AvgIpc) is 3.00. The van der Waals surface area contributed by atoms with E-state index in [1.165, 1.54) is 0 Å². The SMILES string of the molecule is Cc1ccc(-n2cc(-c3cccc(C)c3)n(-c3ccc(Cl)cc3)c2=O)cc1. The van der Waals surface area contributed by atoms with Crippen molar-refractivity contribution < 1.29 is 0 Å². The van der Waals surface area contributed by atoms with E-state index in [1.54, 1.807) is 21.3 Å². The molecule has 0 unspecified atom stereocenters. The van der Waals surface area contributed by atoms with Gasteiger partial charge in [0, 0.05) is 16.8 Å². The highest BCUT2D eigenvalue weighted by molar-refractivity contribution is 6.30. The molecule has 4 rings (SSSR count). The van der Waals surface area contributed by atoms with Crippen LogP contribution in [0.5, 0.6) is 0 Å². The maximum atomic E-state index is 13.3. The Bertz CT molecular complexity index is 1150. The van der Waals surface area contributed by atoms with Gasteiger partial charge in [0.1, 0.15) is 0 Å². The molecule has 3 nitrogen and oxygen atoms in total. The molecule has 0 aliphatic heterocycles. The minimum absolute atomic E-state index is 0.113. The highest BCUT2D eigenvalue weighted by Gasteiger charge is 2.16. The Morgan fingerprint density at radius 3 is 2.11 bits per heavy atom. The van der Waals surface area contributed by atoms with Crippen LogP contribution in [0.1, 0.15) is 11.1 Å². The monoisotopic (exact) mass is 374 g/mol. The van der Waals surface area contributed by atoms with Gasteiger partial charge in [-0.25, -0.2) is 4.79 Å². The van der Waals surface area contributed by atoms with Crippen molar-refractivity contribution >= 4 is 11.6 Å². The predicted molar refractivity (Wildman–Crippen MR) is 111 cm³/mol. The summed E-state index contributed by atoms with van der Waals surface area (Å²) in [6.07, 6.45) is 1.90. The van der Waals surface area contributed by atoms with Crippen molar-refractivity contribution in [1.29, 1.82) is 0 Å².